The minimum absolute atomic E-state index is 0.0884. The molecule has 1 saturated heterocycles. The first-order valence-corrected chi connectivity index (χ1v) is 11.8. The number of rotatable bonds is 6. The molecular formula is C20H25N3O6S. The molecule has 1 aromatic rings. The zero-order valence-corrected chi connectivity index (χ0v) is 17.8. The van der Waals surface area contributed by atoms with Gasteiger partial charge in [-0.1, -0.05) is 13.3 Å². The standard InChI is InChI=1S/C20H25N3O6S/c1-3-4-7-23-19(26)15-6-5-14(12-16(15)20(23)27)17(24)21-13(2)18(25)22-8-10-30(28,29)11-9-22/h5-6,12-13H,3-4,7-11H2,1-2H3,(H,21,24). The molecule has 0 aliphatic carbocycles. The Balaban J connectivity index is 1.67. The van der Waals surface area contributed by atoms with Crippen molar-refractivity contribution in [2.75, 3.05) is 31.1 Å². The molecule has 30 heavy (non-hydrogen) atoms. The van der Waals surface area contributed by atoms with Gasteiger partial charge >= 0.3 is 0 Å². The summed E-state index contributed by atoms with van der Waals surface area (Å²) < 4.78 is 23.0. The van der Waals surface area contributed by atoms with Crippen LogP contribution in [0.15, 0.2) is 18.2 Å². The number of carbonyl (C=O) groups is 4. The van der Waals surface area contributed by atoms with Gasteiger partial charge in [-0.25, -0.2) is 8.42 Å². The van der Waals surface area contributed by atoms with Crippen LogP contribution in [0.5, 0.6) is 0 Å². The fraction of sp³-hybridized carbons (Fsp3) is 0.500. The van der Waals surface area contributed by atoms with Crippen LogP contribution in [-0.2, 0) is 14.6 Å². The van der Waals surface area contributed by atoms with E-state index in [9.17, 15) is 27.6 Å². The second-order valence-electron chi connectivity index (χ2n) is 7.55. The number of hydrogen-bond donors (Lipinski definition) is 1. The molecule has 0 saturated carbocycles. The SMILES string of the molecule is CCCCN1C(=O)c2ccc(C(=O)NC(C)C(=O)N3CCS(=O)(=O)CC3)cc2C1=O. The van der Waals surface area contributed by atoms with E-state index in [4.69, 9.17) is 0 Å². The highest BCUT2D eigenvalue weighted by molar-refractivity contribution is 7.91. The maximum atomic E-state index is 12.6. The fourth-order valence-electron chi connectivity index (χ4n) is 3.50. The van der Waals surface area contributed by atoms with E-state index in [1.807, 2.05) is 6.92 Å². The van der Waals surface area contributed by atoms with Gasteiger partial charge in [0.15, 0.2) is 9.84 Å². The van der Waals surface area contributed by atoms with Gasteiger partial charge in [0.2, 0.25) is 5.91 Å². The zero-order valence-electron chi connectivity index (χ0n) is 17.0. The van der Waals surface area contributed by atoms with Crippen molar-refractivity contribution in [3.8, 4) is 0 Å². The van der Waals surface area contributed by atoms with Crippen LogP contribution in [0.4, 0.5) is 0 Å². The smallest absolute Gasteiger partial charge is 0.261 e. The van der Waals surface area contributed by atoms with Crippen molar-refractivity contribution in [1.82, 2.24) is 15.1 Å². The van der Waals surface area contributed by atoms with Crippen LogP contribution in [0, 0.1) is 0 Å². The molecule has 0 spiro atoms. The first-order valence-electron chi connectivity index (χ1n) is 9.95. The zero-order chi connectivity index (χ0) is 22.1. The summed E-state index contributed by atoms with van der Waals surface area (Å²) in [6.45, 7) is 4.03. The second-order valence-corrected chi connectivity index (χ2v) is 9.85. The Bertz CT molecular complexity index is 990. The maximum absolute atomic E-state index is 12.6. The van der Waals surface area contributed by atoms with Crippen LogP contribution < -0.4 is 5.32 Å². The topological polar surface area (TPSA) is 121 Å². The average Bonchev–Trinajstić information content (AvgIpc) is 2.95. The number of benzene rings is 1. The molecule has 0 aromatic heterocycles. The Labute approximate surface area is 175 Å². The highest BCUT2D eigenvalue weighted by Gasteiger charge is 2.36. The third-order valence-corrected chi connectivity index (χ3v) is 6.95. The summed E-state index contributed by atoms with van der Waals surface area (Å²) in [4.78, 5) is 52.7. The molecule has 2 aliphatic rings. The van der Waals surface area contributed by atoms with Crippen LogP contribution in [0.1, 0.15) is 57.8 Å². The van der Waals surface area contributed by atoms with Crippen LogP contribution in [0.3, 0.4) is 0 Å². The molecule has 2 aliphatic heterocycles. The number of unbranched alkanes of at least 4 members (excludes halogenated alkanes) is 1. The van der Waals surface area contributed by atoms with Crippen LogP contribution in [0.25, 0.3) is 0 Å². The molecule has 162 valence electrons. The predicted molar refractivity (Wildman–Crippen MR) is 109 cm³/mol. The van der Waals surface area contributed by atoms with Gasteiger partial charge in [0.25, 0.3) is 17.7 Å². The van der Waals surface area contributed by atoms with E-state index >= 15 is 0 Å². The van der Waals surface area contributed by atoms with Crippen LogP contribution in [0.2, 0.25) is 0 Å². The fourth-order valence-corrected chi connectivity index (χ4v) is 4.70. The highest BCUT2D eigenvalue weighted by Crippen LogP contribution is 2.24. The van der Waals surface area contributed by atoms with E-state index in [2.05, 4.69) is 5.32 Å². The summed E-state index contributed by atoms with van der Waals surface area (Å²) in [5.41, 5.74) is 0.628. The average molecular weight is 436 g/mol. The van der Waals surface area contributed by atoms with E-state index in [1.54, 1.807) is 0 Å². The van der Waals surface area contributed by atoms with Gasteiger partial charge in [0.05, 0.1) is 22.6 Å². The Hall–Kier alpha value is -2.75. The Morgan fingerprint density at radius 2 is 1.73 bits per heavy atom. The maximum Gasteiger partial charge on any atom is 0.261 e. The first-order chi connectivity index (χ1) is 14.1. The molecule has 1 aromatic carbocycles. The summed E-state index contributed by atoms with van der Waals surface area (Å²) in [6.07, 6.45) is 1.55. The predicted octanol–water partition coefficient (Wildman–Crippen LogP) is 0.458. The van der Waals surface area contributed by atoms with Crippen molar-refractivity contribution in [2.24, 2.45) is 0 Å². The summed E-state index contributed by atoms with van der Waals surface area (Å²) in [5.74, 6) is -1.87. The van der Waals surface area contributed by atoms with Crippen molar-refractivity contribution >= 4 is 33.5 Å². The molecule has 3 rings (SSSR count). The minimum Gasteiger partial charge on any atom is -0.341 e. The number of carbonyl (C=O) groups excluding carboxylic acids is 4. The van der Waals surface area contributed by atoms with E-state index < -0.39 is 27.7 Å². The molecule has 9 nitrogen and oxygen atoms in total. The molecule has 4 amide bonds. The van der Waals surface area contributed by atoms with E-state index in [0.717, 1.165) is 6.42 Å². The number of sulfone groups is 1. The van der Waals surface area contributed by atoms with Gasteiger partial charge < -0.3 is 10.2 Å². The third-order valence-electron chi connectivity index (χ3n) is 5.34. The van der Waals surface area contributed by atoms with E-state index in [1.165, 1.54) is 34.9 Å². The second kappa shape index (κ2) is 8.55. The number of hydrogen-bond acceptors (Lipinski definition) is 6. The lowest BCUT2D eigenvalue weighted by Gasteiger charge is -2.29. The van der Waals surface area contributed by atoms with Crippen LogP contribution >= 0.6 is 0 Å². The lowest BCUT2D eigenvalue weighted by Crippen LogP contribution is -2.51. The van der Waals surface area contributed by atoms with Gasteiger partial charge in [0.1, 0.15) is 6.04 Å². The van der Waals surface area contributed by atoms with E-state index in [0.29, 0.717) is 13.0 Å². The quantitative estimate of drug-likeness (QED) is 0.648. The van der Waals surface area contributed by atoms with Crippen molar-refractivity contribution in [1.29, 1.82) is 0 Å². The van der Waals surface area contributed by atoms with Gasteiger partial charge in [-0.15, -0.1) is 0 Å². The Morgan fingerprint density at radius 1 is 1.10 bits per heavy atom. The Morgan fingerprint density at radius 3 is 2.37 bits per heavy atom. The van der Waals surface area contributed by atoms with Crippen molar-refractivity contribution in [2.45, 2.75) is 32.7 Å². The summed E-state index contributed by atoms with van der Waals surface area (Å²) in [7, 11) is -3.11. The summed E-state index contributed by atoms with van der Waals surface area (Å²) in [6, 6.07) is 3.43. The highest BCUT2D eigenvalue weighted by atomic mass is 32.2. The molecule has 10 heteroatoms. The lowest BCUT2D eigenvalue weighted by molar-refractivity contribution is -0.132. The Kier molecular flexibility index (Phi) is 6.25. The van der Waals surface area contributed by atoms with Gasteiger partial charge in [-0.2, -0.15) is 0 Å². The first kappa shape index (κ1) is 21.9. The molecular weight excluding hydrogens is 410 g/mol. The molecule has 1 fully saturated rings. The number of imide groups is 1. The van der Waals surface area contributed by atoms with Crippen molar-refractivity contribution in [3.63, 3.8) is 0 Å². The van der Waals surface area contributed by atoms with Crippen LogP contribution in [-0.4, -0.2) is 79.0 Å². The minimum atomic E-state index is -3.11. The number of nitrogens with one attached hydrogen (secondary N) is 1. The molecule has 2 heterocycles. The lowest BCUT2D eigenvalue weighted by atomic mass is 10.0. The molecule has 1 unspecified atom stereocenters. The molecule has 0 bridgehead atoms. The van der Waals surface area contributed by atoms with Crippen molar-refractivity contribution in [3.05, 3.63) is 34.9 Å². The molecule has 1 N–H and O–H groups in total. The largest absolute Gasteiger partial charge is 0.341 e. The third kappa shape index (κ3) is 4.38. The summed E-state index contributed by atoms with van der Waals surface area (Å²) in [5, 5.41) is 2.59. The van der Waals surface area contributed by atoms with Gasteiger partial charge in [0, 0.05) is 25.2 Å². The normalized spacial score (nSPS) is 18.9. The van der Waals surface area contributed by atoms with Crippen molar-refractivity contribution < 1.29 is 27.6 Å². The van der Waals surface area contributed by atoms with Gasteiger partial charge in [-0.3, -0.25) is 24.1 Å². The monoisotopic (exact) mass is 435 g/mol. The molecule has 1 atom stereocenters. The number of fused-ring (bicyclic) bond motifs is 1. The number of amides is 4. The summed E-state index contributed by atoms with van der Waals surface area (Å²) >= 11 is 0. The molecule has 0 radical (unpaired) electrons. The van der Waals surface area contributed by atoms with E-state index in [-0.39, 0.29) is 53.1 Å². The van der Waals surface area contributed by atoms with Gasteiger partial charge in [-0.05, 0) is 31.5 Å². The number of nitrogens with zero attached hydrogens (tertiary/aromatic N) is 2.